The molecule has 0 aromatic heterocycles. The summed E-state index contributed by atoms with van der Waals surface area (Å²) in [4.78, 5) is 18.9. The van der Waals surface area contributed by atoms with Crippen molar-refractivity contribution in [2.24, 2.45) is 11.5 Å². The summed E-state index contributed by atoms with van der Waals surface area (Å²) in [7, 11) is 0. The van der Waals surface area contributed by atoms with Gasteiger partial charge in [-0.25, -0.2) is 9.59 Å². The average Bonchev–Trinajstić information content (AvgIpc) is 2.56. The van der Waals surface area contributed by atoms with Crippen LogP contribution in [0.5, 0.6) is 0 Å². The molecular weight excluding hydrogens is 291 g/mol. The van der Waals surface area contributed by atoms with E-state index in [-0.39, 0.29) is 48.5 Å². The van der Waals surface area contributed by atoms with Crippen LogP contribution in [0, 0.1) is 0 Å². The zero-order valence-corrected chi connectivity index (χ0v) is 13.8. The number of rotatable bonds is 2. The van der Waals surface area contributed by atoms with E-state index in [0.29, 0.717) is 26.2 Å². The van der Waals surface area contributed by atoms with E-state index < -0.39 is 0 Å². The Morgan fingerprint density at radius 3 is 1.75 bits per heavy atom. The fourth-order valence-electron chi connectivity index (χ4n) is 0.725. The SMILES string of the molecule is C.NC/C=C\CN.O=C1NCC=CCN1.O=C=S.[Na+].[OH-]. The molecule has 7 N–H and O–H groups in total. The van der Waals surface area contributed by atoms with Gasteiger partial charge in [-0.1, -0.05) is 31.7 Å². The molecule has 9 heteroatoms. The number of hydrogen-bond donors (Lipinski definition) is 4. The molecule has 1 heterocycles. The molecule has 0 unspecified atom stereocenters. The van der Waals surface area contributed by atoms with E-state index in [0.717, 1.165) is 5.23 Å². The second-order valence-corrected chi connectivity index (χ2v) is 2.76. The molecule has 0 spiro atoms. The van der Waals surface area contributed by atoms with Gasteiger partial charge >= 0.3 is 35.6 Å². The van der Waals surface area contributed by atoms with Crippen molar-refractivity contribution in [1.29, 1.82) is 0 Å². The molecule has 0 aliphatic carbocycles. The minimum Gasteiger partial charge on any atom is -0.870 e. The smallest absolute Gasteiger partial charge is 0.870 e. The van der Waals surface area contributed by atoms with Crippen LogP contribution in [-0.2, 0) is 4.79 Å². The summed E-state index contributed by atoms with van der Waals surface area (Å²) in [6.45, 7) is 2.48. The standard InChI is InChI=1S/C5H8N2O.C4H10N2.COS.CH4.Na.H2O/c8-5-6-3-1-2-4-7-5;5-3-1-2-4-6;2-1-3;;;/h1-2H,3-4H2,(H2,6,7,8);1-2H,3-6H2;;1H4;;1H2/q;;;;+1;/p-1/b;2-1-;;;;. The number of nitrogens with one attached hydrogen (secondary N) is 2. The molecule has 1 aliphatic heterocycles. The molecule has 0 radical (unpaired) electrons. The van der Waals surface area contributed by atoms with Crippen LogP contribution >= 0.6 is 12.2 Å². The molecule has 7 nitrogen and oxygen atoms in total. The van der Waals surface area contributed by atoms with Crippen molar-refractivity contribution in [2.75, 3.05) is 26.2 Å². The van der Waals surface area contributed by atoms with Gasteiger partial charge in [0.25, 0.3) is 0 Å². The summed E-state index contributed by atoms with van der Waals surface area (Å²) in [5, 5.41) is 6.30. The number of thiocarbonyl (C=S) groups is 1. The van der Waals surface area contributed by atoms with Crippen LogP contribution in [0.2, 0.25) is 0 Å². The zero-order chi connectivity index (χ0) is 13.4. The first-order valence-electron chi connectivity index (χ1n) is 4.94. The van der Waals surface area contributed by atoms with E-state index in [1.54, 1.807) is 0 Å². The van der Waals surface area contributed by atoms with Crippen LogP contribution in [0.3, 0.4) is 0 Å². The van der Waals surface area contributed by atoms with Gasteiger partial charge in [0.05, 0.1) is 0 Å². The number of amides is 2. The fourth-order valence-corrected chi connectivity index (χ4v) is 0.725. The first kappa shape index (κ1) is 31.7. The van der Waals surface area contributed by atoms with E-state index in [4.69, 9.17) is 16.3 Å². The number of carbonyl (C=O) groups is 1. The van der Waals surface area contributed by atoms with Gasteiger partial charge in [-0.2, -0.15) is 0 Å². The Morgan fingerprint density at radius 1 is 1.20 bits per heavy atom. The number of carbonyl (C=O) groups excluding carboxylic acids is 2. The molecule has 0 saturated carbocycles. The molecule has 0 fully saturated rings. The van der Waals surface area contributed by atoms with Crippen LogP contribution in [0.25, 0.3) is 0 Å². The normalized spacial score (nSPS) is 11.0. The van der Waals surface area contributed by atoms with Gasteiger partial charge in [0.2, 0.25) is 5.23 Å². The van der Waals surface area contributed by atoms with Gasteiger partial charge < -0.3 is 27.6 Å². The van der Waals surface area contributed by atoms with E-state index in [2.05, 4.69) is 22.9 Å². The number of nitrogens with two attached hydrogens (primary N) is 2. The maximum absolute atomic E-state index is 10.4. The topological polar surface area (TPSA) is 140 Å². The predicted molar refractivity (Wildman–Crippen MR) is 79.7 cm³/mol. The summed E-state index contributed by atoms with van der Waals surface area (Å²) in [5.74, 6) is 0. The van der Waals surface area contributed by atoms with E-state index >= 15 is 0 Å². The van der Waals surface area contributed by atoms with Gasteiger partial charge in [0, 0.05) is 38.4 Å². The molecular formula is C11H23N4NaO3S. The Balaban J connectivity index is -0.0000000571. The maximum Gasteiger partial charge on any atom is 1.00 e. The first-order valence-corrected chi connectivity index (χ1v) is 5.34. The van der Waals surface area contributed by atoms with E-state index in [9.17, 15) is 4.79 Å². The van der Waals surface area contributed by atoms with Crippen molar-refractivity contribution in [3.05, 3.63) is 24.3 Å². The van der Waals surface area contributed by atoms with Gasteiger partial charge in [-0.3, -0.25) is 0 Å². The molecule has 2 amide bonds. The third-order valence-corrected chi connectivity index (χ3v) is 1.37. The second-order valence-electron chi connectivity index (χ2n) is 2.59. The van der Waals surface area contributed by atoms with Crippen molar-refractivity contribution >= 4 is 23.5 Å². The van der Waals surface area contributed by atoms with Crippen molar-refractivity contribution in [1.82, 2.24) is 10.6 Å². The van der Waals surface area contributed by atoms with Crippen LogP contribution in [0.4, 0.5) is 4.79 Å². The molecule has 0 saturated heterocycles. The Hall–Kier alpha value is -0.570. The summed E-state index contributed by atoms with van der Waals surface area (Å²) < 4.78 is 0. The van der Waals surface area contributed by atoms with Crippen molar-refractivity contribution < 1.29 is 44.6 Å². The van der Waals surface area contributed by atoms with Crippen molar-refractivity contribution in [2.45, 2.75) is 7.43 Å². The number of urea groups is 1. The van der Waals surface area contributed by atoms with E-state index in [1.807, 2.05) is 24.3 Å². The second kappa shape index (κ2) is 31.0. The average molecular weight is 314 g/mol. The molecule has 1 rings (SSSR count). The van der Waals surface area contributed by atoms with Gasteiger partial charge in [0.15, 0.2) is 0 Å². The minimum absolute atomic E-state index is 0. The Bertz CT molecular complexity index is 265. The van der Waals surface area contributed by atoms with E-state index in [1.165, 1.54) is 0 Å². The summed E-state index contributed by atoms with van der Waals surface area (Å²) in [5.41, 5.74) is 10.1. The monoisotopic (exact) mass is 314 g/mol. The molecule has 1 aliphatic rings. The molecule has 0 bridgehead atoms. The summed E-state index contributed by atoms with van der Waals surface area (Å²) >= 11 is 3.59. The maximum atomic E-state index is 10.4. The molecule has 0 aromatic carbocycles. The molecule has 20 heavy (non-hydrogen) atoms. The first-order chi connectivity index (χ1) is 8.22. The fraction of sp³-hybridized carbons (Fsp3) is 0.455. The largest absolute Gasteiger partial charge is 1.00 e. The Labute approximate surface area is 147 Å². The van der Waals surface area contributed by atoms with Crippen molar-refractivity contribution in [3.63, 3.8) is 0 Å². The van der Waals surface area contributed by atoms with Crippen LogP contribution in [0.15, 0.2) is 24.3 Å². The minimum atomic E-state index is -0.0880. The Morgan fingerprint density at radius 2 is 1.50 bits per heavy atom. The molecule has 0 atom stereocenters. The third kappa shape index (κ3) is 36.0. The van der Waals surface area contributed by atoms with Crippen LogP contribution in [-0.4, -0.2) is 42.9 Å². The number of hydrogen-bond acceptors (Lipinski definition) is 6. The quantitative estimate of drug-likeness (QED) is 0.244. The van der Waals surface area contributed by atoms with Crippen molar-refractivity contribution in [3.8, 4) is 0 Å². The third-order valence-electron chi connectivity index (χ3n) is 1.37. The van der Waals surface area contributed by atoms with Crippen LogP contribution in [0.1, 0.15) is 7.43 Å². The zero-order valence-electron chi connectivity index (χ0n) is 11.0. The Kier molecular flexibility index (Phi) is 49.2. The van der Waals surface area contributed by atoms with Crippen LogP contribution < -0.4 is 51.7 Å². The summed E-state index contributed by atoms with van der Waals surface area (Å²) in [6.07, 6.45) is 7.50. The molecule has 112 valence electrons. The van der Waals surface area contributed by atoms with Gasteiger partial charge in [-0.05, 0) is 0 Å². The molecule has 0 aromatic rings. The summed E-state index contributed by atoms with van der Waals surface area (Å²) in [6, 6.07) is -0.0880. The van der Waals surface area contributed by atoms with Gasteiger partial charge in [0.1, 0.15) is 0 Å². The van der Waals surface area contributed by atoms with Gasteiger partial charge in [-0.15, -0.1) is 0 Å². The predicted octanol–water partition coefficient (Wildman–Crippen LogP) is -2.97.